The van der Waals surface area contributed by atoms with Gasteiger partial charge in [-0.25, -0.2) is 8.42 Å². The Hall–Kier alpha value is -2.09. The molecule has 31 heavy (non-hydrogen) atoms. The van der Waals surface area contributed by atoms with E-state index in [1.807, 2.05) is 12.1 Å². The standard InChI is InChI=1S/C23H29ClN2O4S/c1-17(2)18-5-11-21(12-6-18)31(28,29)26-15-13-25(14-16-26)22(27)23(3,4)30-20-9-7-19(24)8-10-20/h5-12,17H,13-16H2,1-4H3. The molecule has 0 N–H and O–H groups in total. The summed E-state index contributed by atoms with van der Waals surface area (Å²) < 4.78 is 33.3. The molecule has 0 bridgehead atoms. The Morgan fingerprint density at radius 3 is 2.03 bits per heavy atom. The highest BCUT2D eigenvalue weighted by Crippen LogP contribution is 2.25. The van der Waals surface area contributed by atoms with E-state index in [9.17, 15) is 13.2 Å². The van der Waals surface area contributed by atoms with E-state index < -0.39 is 15.6 Å². The Labute approximate surface area is 189 Å². The largest absolute Gasteiger partial charge is 0.478 e. The van der Waals surface area contributed by atoms with Gasteiger partial charge in [0.2, 0.25) is 10.0 Å². The maximum absolute atomic E-state index is 13.0. The first-order valence-electron chi connectivity index (χ1n) is 10.3. The summed E-state index contributed by atoms with van der Waals surface area (Å²) in [5.41, 5.74) is 0.0129. The van der Waals surface area contributed by atoms with Gasteiger partial charge in [-0.3, -0.25) is 4.79 Å². The number of carbonyl (C=O) groups excluding carboxylic acids is 1. The summed E-state index contributed by atoms with van der Waals surface area (Å²) in [6, 6.07) is 13.9. The van der Waals surface area contributed by atoms with Gasteiger partial charge < -0.3 is 9.64 Å². The highest BCUT2D eigenvalue weighted by molar-refractivity contribution is 7.89. The molecule has 1 aliphatic rings. The van der Waals surface area contributed by atoms with E-state index in [1.54, 1.807) is 55.1 Å². The molecule has 168 valence electrons. The van der Waals surface area contributed by atoms with E-state index in [0.29, 0.717) is 29.8 Å². The molecule has 0 saturated carbocycles. The van der Waals surface area contributed by atoms with Gasteiger partial charge >= 0.3 is 0 Å². The van der Waals surface area contributed by atoms with E-state index in [4.69, 9.17) is 16.3 Å². The number of nitrogens with zero attached hydrogens (tertiary/aromatic N) is 2. The second-order valence-corrected chi connectivity index (χ2v) is 10.9. The Morgan fingerprint density at radius 1 is 0.968 bits per heavy atom. The molecular formula is C23H29ClN2O4S. The minimum Gasteiger partial charge on any atom is -0.478 e. The molecule has 1 fully saturated rings. The fourth-order valence-corrected chi connectivity index (χ4v) is 5.08. The van der Waals surface area contributed by atoms with Gasteiger partial charge in [-0.1, -0.05) is 37.6 Å². The lowest BCUT2D eigenvalue weighted by atomic mass is 10.0. The van der Waals surface area contributed by atoms with E-state index in [0.717, 1.165) is 5.56 Å². The van der Waals surface area contributed by atoms with Gasteiger partial charge in [0.05, 0.1) is 4.90 Å². The van der Waals surface area contributed by atoms with Crippen molar-refractivity contribution in [1.82, 2.24) is 9.21 Å². The number of rotatable bonds is 6. The predicted molar refractivity (Wildman–Crippen MR) is 122 cm³/mol. The summed E-state index contributed by atoms with van der Waals surface area (Å²) in [7, 11) is -3.59. The second kappa shape index (κ2) is 9.18. The van der Waals surface area contributed by atoms with E-state index >= 15 is 0 Å². The molecule has 8 heteroatoms. The van der Waals surface area contributed by atoms with Gasteiger partial charge in [-0.05, 0) is 61.7 Å². The van der Waals surface area contributed by atoms with Gasteiger partial charge in [-0.15, -0.1) is 0 Å². The van der Waals surface area contributed by atoms with Gasteiger partial charge in [-0.2, -0.15) is 4.31 Å². The number of benzene rings is 2. The average molecular weight is 465 g/mol. The zero-order valence-corrected chi connectivity index (χ0v) is 19.9. The predicted octanol–water partition coefficient (Wildman–Crippen LogP) is 4.15. The third-order valence-electron chi connectivity index (χ3n) is 5.41. The van der Waals surface area contributed by atoms with Crippen molar-refractivity contribution in [2.24, 2.45) is 0 Å². The molecule has 2 aromatic rings. The maximum Gasteiger partial charge on any atom is 0.266 e. The summed E-state index contributed by atoms with van der Waals surface area (Å²) >= 11 is 5.90. The smallest absolute Gasteiger partial charge is 0.266 e. The Balaban J connectivity index is 1.63. The van der Waals surface area contributed by atoms with Crippen LogP contribution in [0.15, 0.2) is 53.4 Å². The zero-order valence-electron chi connectivity index (χ0n) is 18.3. The van der Waals surface area contributed by atoms with Gasteiger partial charge in [0.25, 0.3) is 5.91 Å². The number of sulfonamides is 1. The fraction of sp³-hybridized carbons (Fsp3) is 0.435. The molecule has 1 amide bonds. The molecular weight excluding hydrogens is 436 g/mol. The van der Waals surface area contributed by atoms with Crippen LogP contribution in [0.2, 0.25) is 5.02 Å². The van der Waals surface area contributed by atoms with Crippen LogP contribution in [0.5, 0.6) is 5.75 Å². The first-order chi connectivity index (χ1) is 14.5. The molecule has 0 aromatic heterocycles. The lowest BCUT2D eigenvalue weighted by molar-refractivity contribution is -0.146. The topological polar surface area (TPSA) is 66.9 Å². The zero-order chi connectivity index (χ0) is 22.8. The van der Waals surface area contributed by atoms with Gasteiger partial charge in [0, 0.05) is 31.2 Å². The summed E-state index contributed by atoms with van der Waals surface area (Å²) in [5, 5.41) is 0.590. The molecule has 6 nitrogen and oxygen atoms in total. The summed E-state index contributed by atoms with van der Waals surface area (Å²) in [6.07, 6.45) is 0. The Kier molecular flexibility index (Phi) is 6.98. The first kappa shape index (κ1) is 23.6. The van der Waals surface area contributed by atoms with Crippen LogP contribution in [0.25, 0.3) is 0 Å². The molecule has 1 saturated heterocycles. The van der Waals surface area contributed by atoms with Crippen LogP contribution in [0, 0.1) is 0 Å². The van der Waals surface area contributed by atoms with Crippen LogP contribution >= 0.6 is 11.6 Å². The number of hydrogen-bond donors (Lipinski definition) is 0. The monoisotopic (exact) mass is 464 g/mol. The van der Waals surface area contributed by atoms with Crippen molar-refractivity contribution >= 4 is 27.5 Å². The van der Waals surface area contributed by atoms with Crippen LogP contribution < -0.4 is 4.74 Å². The van der Waals surface area contributed by atoms with Crippen LogP contribution in [0.4, 0.5) is 0 Å². The molecule has 3 rings (SSSR count). The van der Waals surface area contributed by atoms with Crippen molar-refractivity contribution in [3.8, 4) is 5.75 Å². The minimum atomic E-state index is -3.59. The summed E-state index contributed by atoms with van der Waals surface area (Å²) in [6.45, 7) is 8.68. The normalized spacial score (nSPS) is 15.9. The lowest BCUT2D eigenvalue weighted by Gasteiger charge is -2.38. The SMILES string of the molecule is CC(C)c1ccc(S(=O)(=O)N2CCN(C(=O)C(C)(C)Oc3ccc(Cl)cc3)CC2)cc1. The van der Waals surface area contributed by atoms with Crippen molar-refractivity contribution in [3.63, 3.8) is 0 Å². The molecule has 0 atom stereocenters. The molecule has 0 unspecified atom stereocenters. The average Bonchev–Trinajstić information content (AvgIpc) is 2.75. The third kappa shape index (κ3) is 5.40. The quantitative estimate of drug-likeness (QED) is 0.644. The Morgan fingerprint density at radius 2 is 1.52 bits per heavy atom. The highest BCUT2D eigenvalue weighted by atomic mass is 35.5. The Bertz CT molecular complexity index is 1010. The van der Waals surface area contributed by atoms with Crippen LogP contribution in [-0.2, 0) is 14.8 Å². The van der Waals surface area contributed by atoms with Crippen molar-refractivity contribution < 1.29 is 17.9 Å². The lowest BCUT2D eigenvalue weighted by Crippen LogP contribution is -2.56. The van der Waals surface area contributed by atoms with Crippen molar-refractivity contribution in [2.45, 2.75) is 44.1 Å². The van der Waals surface area contributed by atoms with Gasteiger partial charge in [0.1, 0.15) is 5.75 Å². The van der Waals surface area contributed by atoms with Gasteiger partial charge in [0.15, 0.2) is 5.60 Å². The number of hydrogen-bond acceptors (Lipinski definition) is 4. The van der Waals surface area contributed by atoms with Crippen LogP contribution in [-0.4, -0.2) is 55.3 Å². The third-order valence-corrected chi connectivity index (χ3v) is 7.58. The van der Waals surface area contributed by atoms with Crippen LogP contribution in [0.1, 0.15) is 39.2 Å². The number of halogens is 1. The summed E-state index contributed by atoms with van der Waals surface area (Å²) in [4.78, 5) is 15.0. The van der Waals surface area contributed by atoms with E-state index in [1.165, 1.54) is 4.31 Å². The number of ether oxygens (including phenoxy) is 1. The molecule has 0 spiro atoms. The van der Waals surface area contributed by atoms with Crippen molar-refractivity contribution in [1.29, 1.82) is 0 Å². The van der Waals surface area contributed by atoms with Crippen molar-refractivity contribution in [3.05, 3.63) is 59.1 Å². The molecule has 0 radical (unpaired) electrons. The summed E-state index contributed by atoms with van der Waals surface area (Å²) in [5.74, 6) is 0.708. The van der Waals surface area contributed by atoms with Crippen molar-refractivity contribution in [2.75, 3.05) is 26.2 Å². The molecule has 1 aliphatic heterocycles. The highest BCUT2D eigenvalue weighted by Gasteiger charge is 2.37. The fourth-order valence-electron chi connectivity index (χ4n) is 3.53. The minimum absolute atomic E-state index is 0.180. The maximum atomic E-state index is 13.0. The molecule has 0 aliphatic carbocycles. The number of amides is 1. The number of piperazine rings is 1. The number of carbonyl (C=O) groups is 1. The van der Waals surface area contributed by atoms with E-state index in [2.05, 4.69) is 13.8 Å². The second-order valence-electron chi connectivity index (χ2n) is 8.49. The first-order valence-corrected chi connectivity index (χ1v) is 12.2. The molecule has 1 heterocycles. The molecule has 2 aromatic carbocycles. The van der Waals surface area contributed by atoms with E-state index in [-0.39, 0.29) is 23.9 Å². The van der Waals surface area contributed by atoms with Crippen LogP contribution in [0.3, 0.4) is 0 Å².